The van der Waals surface area contributed by atoms with Crippen molar-refractivity contribution in [3.63, 3.8) is 0 Å². The van der Waals surface area contributed by atoms with E-state index in [4.69, 9.17) is 5.73 Å². The Hall–Kier alpha value is -4.09. The summed E-state index contributed by atoms with van der Waals surface area (Å²) in [7, 11) is 0. The van der Waals surface area contributed by atoms with Crippen LogP contribution in [0.5, 0.6) is 0 Å². The minimum absolute atomic E-state index is 0.0813. The number of nitrogens with one attached hydrogen (secondary N) is 3. The number of unbranched alkanes of at least 4 members (excludes halogenated alkanes) is 2. The van der Waals surface area contributed by atoms with Gasteiger partial charge in [-0.25, -0.2) is 9.37 Å². The molecule has 3 atom stereocenters. The van der Waals surface area contributed by atoms with Crippen LogP contribution >= 0.6 is 0 Å². The van der Waals surface area contributed by atoms with Gasteiger partial charge in [-0.15, -0.1) is 0 Å². The fraction of sp³-hybridized carbons (Fsp3) is 0.471. The molecule has 45 heavy (non-hydrogen) atoms. The Bertz CT molecular complexity index is 1330. The van der Waals surface area contributed by atoms with E-state index in [2.05, 4.69) is 20.9 Å². The smallest absolute Gasteiger partial charge is 0.237 e. The molecular formula is C34H47FN6O4. The SMILES string of the molecule is CC(C)C[C@H](NC(=O)[C@@H](N)Cc1cn(Cc2ccccc2)cn1)[C@@H](O)CC(=O)NCCCCCC(=O)NCc1ccc(F)cc1. The number of carbonyl (C=O) groups is 3. The van der Waals surface area contributed by atoms with Crippen molar-refractivity contribution in [1.29, 1.82) is 0 Å². The lowest BCUT2D eigenvalue weighted by molar-refractivity contribution is -0.127. The van der Waals surface area contributed by atoms with Gasteiger partial charge in [0.15, 0.2) is 0 Å². The molecule has 3 aromatic rings. The van der Waals surface area contributed by atoms with Gasteiger partial charge in [0, 0.05) is 38.7 Å². The summed E-state index contributed by atoms with van der Waals surface area (Å²) < 4.78 is 14.9. The summed E-state index contributed by atoms with van der Waals surface area (Å²) in [6.45, 7) is 5.40. The molecule has 0 unspecified atom stereocenters. The summed E-state index contributed by atoms with van der Waals surface area (Å²) in [5, 5.41) is 19.3. The van der Waals surface area contributed by atoms with Gasteiger partial charge >= 0.3 is 0 Å². The Labute approximate surface area is 265 Å². The van der Waals surface area contributed by atoms with Gasteiger partial charge < -0.3 is 31.4 Å². The third-order valence-electron chi connectivity index (χ3n) is 7.38. The lowest BCUT2D eigenvalue weighted by Crippen LogP contribution is -2.51. The van der Waals surface area contributed by atoms with Crippen LogP contribution < -0.4 is 21.7 Å². The average Bonchev–Trinajstić information content (AvgIpc) is 3.44. The molecule has 1 aromatic heterocycles. The topological polar surface area (TPSA) is 151 Å². The quantitative estimate of drug-likeness (QED) is 0.130. The van der Waals surface area contributed by atoms with Crippen molar-refractivity contribution >= 4 is 17.7 Å². The number of benzene rings is 2. The summed E-state index contributed by atoms with van der Waals surface area (Å²) in [6.07, 6.45) is 5.57. The minimum atomic E-state index is -1.07. The van der Waals surface area contributed by atoms with Crippen molar-refractivity contribution in [1.82, 2.24) is 25.5 Å². The minimum Gasteiger partial charge on any atom is -0.390 e. The lowest BCUT2D eigenvalue weighted by Gasteiger charge is -2.26. The molecule has 10 nitrogen and oxygen atoms in total. The fourth-order valence-corrected chi connectivity index (χ4v) is 4.93. The van der Waals surface area contributed by atoms with E-state index >= 15 is 0 Å². The number of aromatic nitrogens is 2. The maximum Gasteiger partial charge on any atom is 0.237 e. The number of halogens is 1. The molecule has 2 aromatic carbocycles. The third kappa shape index (κ3) is 13.6. The molecule has 3 amide bonds. The van der Waals surface area contributed by atoms with Crippen LogP contribution in [0.3, 0.4) is 0 Å². The predicted molar refractivity (Wildman–Crippen MR) is 171 cm³/mol. The zero-order valence-electron chi connectivity index (χ0n) is 26.3. The van der Waals surface area contributed by atoms with Crippen LogP contribution in [0.2, 0.25) is 0 Å². The molecule has 1 heterocycles. The Morgan fingerprint density at radius 3 is 2.40 bits per heavy atom. The normalized spacial score (nSPS) is 13.2. The summed E-state index contributed by atoms with van der Waals surface area (Å²) in [5.41, 5.74) is 8.87. The van der Waals surface area contributed by atoms with Crippen LogP contribution in [0.4, 0.5) is 4.39 Å². The van der Waals surface area contributed by atoms with E-state index in [0.717, 1.165) is 17.5 Å². The summed E-state index contributed by atoms with van der Waals surface area (Å²) in [4.78, 5) is 41.9. The van der Waals surface area contributed by atoms with Gasteiger partial charge in [-0.2, -0.15) is 0 Å². The first-order valence-corrected chi connectivity index (χ1v) is 15.7. The van der Waals surface area contributed by atoms with Crippen molar-refractivity contribution in [2.24, 2.45) is 11.7 Å². The van der Waals surface area contributed by atoms with E-state index in [9.17, 15) is 23.9 Å². The molecule has 244 valence electrons. The summed E-state index contributed by atoms with van der Waals surface area (Å²) in [5.74, 6) is -0.937. The highest BCUT2D eigenvalue weighted by Gasteiger charge is 2.27. The number of aliphatic hydroxyl groups excluding tert-OH is 1. The number of aliphatic hydroxyl groups is 1. The van der Waals surface area contributed by atoms with Crippen LogP contribution in [0, 0.1) is 11.7 Å². The maximum absolute atomic E-state index is 13.0. The zero-order chi connectivity index (χ0) is 32.6. The van der Waals surface area contributed by atoms with Crippen LogP contribution in [0.1, 0.15) is 69.2 Å². The van der Waals surface area contributed by atoms with Gasteiger partial charge in [0.25, 0.3) is 0 Å². The van der Waals surface area contributed by atoms with Gasteiger partial charge in [0.2, 0.25) is 17.7 Å². The Kier molecular flexibility index (Phi) is 14.7. The van der Waals surface area contributed by atoms with Gasteiger partial charge in [0.05, 0.1) is 36.6 Å². The highest BCUT2D eigenvalue weighted by Crippen LogP contribution is 2.13. The van der Waals surface area contributed by atoms with E-state index in [-0.39, 0.29) is 36.4 Å². The largest absolute Gasteiger partial charge is 0.390 e. The van der Waals surface area contributed by atoms with Crippen molar-refractivity contribution < 1.29 is 23.9 Å². The van der Waals surface area contributed by atoms with Crippen molar-refractivity contribution in [2.45, 2.75) is 90.1 Å². The van der Waals surface area contributed by atoms with Crippen LogP contribution in [-0.4, -0.2) is 57.1 Å². The van der Waals surface area contributed by atoms with E-state index < -0.39 is 24.1 Å². The Morgan fingerprint density at radius 1 is 0.956 bits per heavy atom. The lowest BCUT2D eigenvalue weighted by atomic mass is 9.96. The Morgan fingerprint density at radius 2 is 1.69 bits per heavy atom. The van der Waals surface area contributed by atoms with Gasteiger partial charge in [-0.1, -0.05) is 62.7 Å². The van der Waals surface area contributed by atoms with E-state index in [1.54, 1.807) is 18.5 Å². The average molecular weight is 623 g/mol. The zero-order valence-corrected chi connectivity index (χ0v) is 26.3. The van der Waals surface area contributed by atoms with Crippen molar-refractivity contribution in [2.75, 3.05) is 6.54 Å². The molecule has 3 rings (SSSR count). The fourth-order valence-electron chi connectivity index (χ4n) is 4.93. The third-order valence-corrected chi connectivity index (χ3v) is 7.38. The van der Waals surface area contributed by atoms with E-state index in [1.807, 2.05) is 54.9 Å². The number of nitrogens with zero attached hydrogens (tertiary/aromatic N) is 2. The molecule has 0 radical (unpaired) electrons. The van der Waals surface area contributed by atoms with Crippen molar-refractivity contribution in [3.05, 3.63) is 89.8 Å². The summed E-state index contributed by atoms with van der Waals surface area (Å²) in [6, 6.07) is 14.5. The predicted octanol–water partition coefficient (Wildman–Crippen LogP) is 3.22. The molecule has 0 saturated carbocycles. The molecule has 6 N–H and O–H groups in total. The molecule has 0 aliphatic carbocycles. The first-order valence-electron chi connectivity index (χ1n) is 15.7. The highest BCUT2D eigenvalue weighted by atomic mass is 19.1. The van der Waals surface area contributed by atoms with E-state index in [1.165, 1.54) is 12.1 Å². The van der Waals surface area contributed by atoms with Crippen LogP contribution in [0.15, 0.2) is 67.1 Å². The first kappa shape index (κ1) is 35.4. The van der Waals surface area contributed by atoms with Crippen LogP contribution in [-0.2, 0) is 33.9 Å². The molecular weight excluding hydrogens is 575 g/mol. The van der Waals surface area contributed by atoms with Crippen molar-refractivity contribution in [3.8, 4) is 0 Å². The van der Waals surface area contributed by atoms with Gasteiger partial charge in [-0.05, 0) is 48.4 Å². The second-order valence-corrected chi connectivity index (χ2v) is 11.9. The monoisotopic (exact) mass is 622 g/mol. The molecule has 0 bridgehead atoms. The summed E-state index contributed by atoms with van der Waals surface area (Å²) >= 11 is 0. The highest BCUT2D eigenvalue weighted by molar-refractivity contribution is 5.82. The molecule has 0 spiro atoms. The molecule has 11 heteroatoms. The number of amides is 3. The number of carbonyl (C=O) groups excluding carboxylic acids is 3. The molecule has 0 aliphatic heterocycles. The molecule has 0 aliphatic rings. The first-order chi connectivity index (χ1) is 21.6. The maximum atomic E-state index is 13.0. The number of rotatable bonds is 19. The number of hydrogen-bond donors (Lipinski definition) is 5. The number of hydrogen-bond acceptors (Lipinski definition) is 6. The standard InChI is InChI=1S/C34H47FN6O4/c1-24(2)17-30(40-34(45)29(36)18-28-22-41(23-39-28)21-26-9-5-3-6-10-26)31(42)19-33(44)37-16-8-4-7-11-32(43)38-20-25-12-14-27(35)15-13-25/h3,5-6,9-10,12-15,22-24,29-31,42H,4,7-8,11,16-21,36H2,1-2H3,(H,37,44)(H,38,43)(H,40,45)/t29-,30-,31-/m0/s1. The van der Waals surface area contributed by atoms with Crippen LogP contribution in [0.25, 0.3) is 0 Å². The second kappa shape index (κ2) is 18.7. The van der Waals surface area contributed by atoms with Gasteiger partial charge in [0.1, 0.15) is 5.82 Å². The number of nitrogens with two attached hydrogens (primary N) is 1. The van der Waals surface area contributed by atoms with Gasteiger partial charge in [-0.3, -0.25) is 14.4 Å². The molecule has 0 saturated heterocycles. The number of imidazole rings is 1. The Balaban J connectivity index is 1.34. The van der Waals surface area contributed by atoms with E-state index in [0.29, 0.717) is 51.0 Å². The second-order valence-electron chi connectivity index (χ2n) is 11.9. The molecule has 0 fully saturated rings.